The molecule has 124 valence electrons. The minimum atomic E-state index is -0.352. The van der Waals surface area contributed by atoms with E-state index in [2.05, 4.69) is 5.32 Å². The molecule has 0 heterocycles. The molecular formula is C16H25ClN2O3. The van der Waals surface area contributed by atoms with Gasteiger partial charge in [-0.3, -0.25) is 4.79 Å². The molecule has 0 spiro atoms. The van der Waals surface area contributed by atoms with E-state index in [0.717, 1.165) is 25.7 Å². The van der Waals surface area contributed by atoms with Gasteiger partial charge in [-0.25, -0.2) is 4.79 Å². The van der Waals surface area contributed by atoms with Gasteiger partial charge in [0.05, 0.1) is 12.2 Å². The third-order valence-corrected chi connectivity index (χ3v) is 3.04. The molecule has 1 aromatic rings. The first-order chi connectivity index (χ1) is 10.2. The summed E-state index contributed by atoms with van der Waals surface area (Å²) in [4.78, 5) is 23.2. The number of rotatable bonds is 9. The van der Waals surface area contributed by atoms with Crippen molar-refractivity contribution >= 4 is 30.0 Å². The Labute approximate surface area is 138 Å². The van der Waals surface area contributed by atoms with Crippen molar-refractivity contribution in [2.45, 2.75) is 39.0 Å². The van der Waals surface area contributed by atoms with Crippen molar-refractivity contribution in [3.63, 3.8) is 0 Å². The molecule has 0 aliphatic heterocycles. The summed E-state index contributed by atoms with van der Waals surface area (Å²) < 4.78 is 4.90. The van der Waals surface area contributed by atoms with Crippen LogP contribution in [0.1, 0.15) is 49.4 Å². The van der Waals surface area contributed by atoms with Crippen LogP contribution in [0, 0.1) is 0 Å². The highest BCUT2D eigenvalue weighted by Gasteiger charge is 2.07. The van der Waals surface area contributed by atoms with Crippen molar-refractivity contribution in [1.29, 1.82) is 0 Å². The Hall–Kier alpha value is -1.59. The first kappa shape index (κ1) is 20.4. The van der Waals surface area contributed by atoms with Crippen LogP contribution in [0.15, 0.2) is 24.3 Å². The zero-order valence-electron chi connectivity index (χ0n) is 13.0. The molecule has 22 heavy (non-hydrogen) atoms. The molecule has 6 heteroatoms. The van der Waals surface area contributed by atoms with Crippen molar-refractivity contribution in [2.24, 2.45) is 5.73 Å². The van der Waals surface area contributed by atoms with Gasteiger partial charge in [0.2, 0.25) is 5.91 Å². The highest BCUT2D eigenvalue weighted by molar-refractivity contribution is 5.93. The SMILES string of the molecule is CCOC(=O)c1ccc(NC(=O)CCCCCCN)cc1.Cl. The summed E-state index contributed by atoms with van der Waals surface area (Å²) in [6.45, 7) is 2.82. The third kappa shape index (κ3) is 8.00. The maximum Gasteiger partial charge on any atom is 0.338 e. The molecule has 0 saturated heterocycles. The number of nitrogens with one attached hydrogen (secondary N) is 1. The quantitative estimate of drug-likeness (QED) is 0.539. The van der Waals surface area contributed by atoms with E-state index in [4.69, 9.17) is 10.5 Å². The number of halogens is 1. The average Bonchev–Trinajstić information content (AvgIpc) is 2.48. The number of hydrogen-bond acceptors (Lipinski definition) is 4. The predicted octanol–water partition coefficient (Wildman–Crippen LogP) is 3.13. The molecule has 0 bridgehead atoms. The van der Waals surface area contributed by atoms with Crippen LogP contribution in [0.3, 0.4) is 0 Å². The predicted molar refractivity (Wildman–Crippen MR) is 90.4 cm³/mol. The van der Waals surface area contributed by atoms with Gasteiger partial charge in [0, 0.05) is 12.1 Å². The molecule has 1 rings (SSSR count). The Kier molecular flexibility index (Phi) is 11.1. The number of amides is 1. The Bertz CT molecular complexity index is 449. The summed E-state index contributed by atoms with van der Waals surface area (Å²) in [6.07, 6.45) is 4.47. The number of unbranched alkanes of at least 4 members (excludes halogenated alkanes) is 3. The smallest absolute Gasteiger partial charge is 0.338 e. The summed E-state index contributed by atoms with van der Waals surface area (Å²) in [5, 5.41) is 2.82. The molecular weight excluding hydrogens is 304 g/mol. The number of nitrogens with two attached hydrogens (primary N) is 1. The number of hydrogen-bond donors (Lipinski definition) is 2. The second kappa shape index (κ2) is 12.0. The van der Waals surface area contributed by atoms with Gasteiger partial charge >= 0.3 is 5.97 Å². The van der Waals surface area contributed by atoms with Crippen molar-refractivity contribution in [1.82, 2.24) is 0 Å². The Morgan fingerprint density at radius 1 is 1.09 bits per heavy atom. The summed E-state index contributed by atoms with van der Waals surface area (Å²) in [6, 6.07) is 6.71. The van der Waals surface area contributed by atoms with Crippen LogP contribution in [-0.2, 0) is 9.53 Å². The normalized spacial score (nSPS) is 9.73. The maximum absolute atomic E-state index is 11.7. The van der Waals surface area contributed by atoms with Crippen LogP contribution in [0.5, 0.6) is 0 Å². The van der Waals surface area contributed by atoms with Crippen LogP contribution in [0.2, 0.25) is 0 Å². The van der Waals surface area contributed by atoms with E-state index < -0.39 is 0 Å². The van der Waals surface area contributed by atoms with Crippen LogP contribution < -0.4 is 11.1 Å². The van der Waals surface area contributed by atoms with E-state index in [0.29, 0.717) is 30.8 Å². The highest BCUT2D eigenvalue weighted by atomic mass is 35.5. The first-order valence-corrected chi connectivity index (χ1v) is 7.44. The van der Waals surface area contributed by atoms with Gasteiger partial charge in [-0.05, 0) is 50.6 Å². The van der Waals surface area contributed by atoms with Gasteiger partial charge in [0.15, 0.2) is 0 Å². The minimum Gasteiger partial charge on any atom is -0.462 e. The summed E-state index contributed by atoms with van der Waals surface area (Å²) in [7, 11) is 0. The lowest BCUT2D eigenvalue weighted by Gasteiger charge is -2.06. The van der Waals surface area contributed by atoms with Crippen LogP contribution in [0.25, 0.3) is 0 Å². The molecule has 0 fully saturated rings. The van der Waals surface area contributed by atoms with E-state index in [1.807, 2.05) is 0 Å². The second-order valence-corrected chi connectivity index (χ2v) is 4.80. The van der Waals surface area contributed by atoms with Gasteiger partial charge in [0.25, 0.3) is 0 Å². The molecule has 1 aromatic carbocycles. The van der Waals surface area contributed by atoms with E-state index >= 15 is 0 Å². The molecule has 0 atom stereocenters. The molecule has 1 amide bonds. The third-order valence-electron chi connectivity index (χ3n) is 3.04. The van der Waals surface area contributed by atoms with E-state index in [-0.39, 0.29) is 24.3 Å². The minimum absolute atomic E-state index is 0. The molecule has 3 N–H and O–H groups in total. The largest absolute Gasteiger partial charge is 0.462 e. The number of benzene rings is 1. The molecule has 0 aliphatic carbocycles. The van der Waals surface area contributed by atoms with Crippen molar-refractivity contribution in [3.05, 3.63) is 29.8 Å². The number of anilines is 1. The van der Waals surface area contributed by atoms with Crippen LogP contribution in [-0.4, -0.2) is 25.0 Å². The Balaban J connectivity index is 0.00000441. The lowest BCUT2D eigenvalue weighted by atomic mass is 10.1. The summed E-state index contributed by atoms with van der Waals surface area (Å²) in [5.74, 6) is -0.359. The van der Waals surface area contributed by atoms with E-state index in [9.17, 15) is 9.59 Å². The molecule has 0 aliphatic rings. The maximum atomic E-state index is 11.7. The molecule has 5 nitrogen and oxygen atoms in total. The zero-order valence-corrected chi connectivity index (χ0v) is 13.8. The van der Waals surface area contributed by atoms with Gasteiger partial charge in [-0.2, -0.15) is 0 Å². The standard InChI is InChI=1S/C16H24N2O3.ClH/c1-2-21-16(20)13-8-10-14(11-9-13)18-15(19)7-5-3-4-6-12-17;/h8-11H,2-7,12,17H2,1H3,(H,18,19);1H. The Morgan fingerprint density at radius 2 is 1.73 bits per heavy atom. The fraction of sp³-hybridized carbons (Fsp3) is 0.500. The summed E-state index contributed by atoms with van der Waals surface area (Å²) >= 11 is 0. The van der Waals surface area contributed by atoms with Crippen LogP contribution in [0.4, 0.5) is 5.69 Å². The van der Waals surface area contributed by atoms with Gasteiger partial charge < -0.3 is 15.8 Å². The monoisotopic (exact) mass is 328 g/mol. The van der Waals surface area contributed by atoms with Gasteiger partial charge in [-0.1, -0.05) is 12.8 Å². The van der Waals surface area contributed by atoms with Crippen molar-refractivity contribution in [2.75, 3.05) is 18.5 Å². The van der Waals surface area contributed by atoms with E-state index in [1.54, 1.807) is 31.2 Å². The first-order valence-electron chi connectivity index (χ1n) is 7.44. The van der Waals surface area contributed by atoms with Gasteiger partial charge in [-0.15, -0.1) is 12.4 Å². The van der Waals surface area contributed by atoms with Gasteiger partial charge in [0.1, 0.15) is 0 Å². The topological polar surface area (TPSA) is 81.4 Å². The fourth-order valence-electron chi connectivity index (χ4n) is 1.91. The zero-order chi connectivity index (χ0) is 15.5. The molecule has 0 saturated carbocycles. The molecule has 0 radical (unpaired) electrons. The highest BCUT2D eigenvalue weighted by Crippen LogP contribution is 2.12. The van der Waals surface area contributed by atoms with Crippen molar-refractivity contribution < 1.29 is 14.3 Å². The van der Waals surface area contributed by atoms with Crippen LogP contribution >= 0.6 is 12.4 Å². The number of esters is 1. The number of carbonyl (C=O) groups is 2. The second-order valence-electron chi connectivity index (χ2n) is 4.80. The Morgan fingerprint density at radius 3 is 2.32 bits per heavy atom. The molecule has 0 unspecified atom stereocenters. The number of carbonyl (C=O) groups excluding carboxylic acids is 2. The summed E-state index contributed by atoms with van der Waals surface area (Å²) in [5.41, 5.74) is 6.59. The average molecular weight is 329 g/mol. The number of ether oxygens (including phenoxy) is 1. The lowest BCUT2D eigenvalue weighted by Crippen LogP contribution is -2.11. The molecule has 0 aromatic heterocycles. The fourth-order valence-corrected chi connectivity index (χ4v) is 1.91. The van der Waals surface area contributed by atoms with Crippen molar-refractivity contribution in [3.8, 4) is 0 Å². The van der Waals surface area contributed by atoms with E-state index in [1.165, 1.54) is 0 Å². The lowest BCUT2D eigenvalue weighted by molar-refractivity contribution is -0.116.